The van der Waals surface area contributed by atoms with Crippen LogP contribution in [0.2, 0.25) is 0 Å². The summed E-state index contributed by atoms with van der Waals surface area (Å²) in [7, 11) is 0. The molecular formula is C11H14N4O2. The maximum absolute atomic E-state index is 10.6. The van der Waals surface area contributed by atoms with Crippen LogP contribution in [-0.2, 0) is 9.53 Å². The van der Waals surface area contributed by atoms with Crippen molar-refractivity contribution in [2.75, 3.05) is 17.7 Å². The topological polar surface area (TPSA) is 101 Å². The van der Waals surface area contributed by atoms with Crippen LogP contribution >= 0.6 is 0 Å². The van der Waals surface area contributed by atoms with Crippen LogP contribution in [0.1, 0.15) is 19.4 Å². The van der Waals surface area contributed by atoms with Gasteiger partial charge in [-0.1, -0.05) is 0 Å². The molecule has 0 amide bonds. The number of hydrogen-bond donors (Lipinski definition) is 2. The number of pyridine rings is 1. The maximum atomic E-state index is 10.6. The minimum absolute atomic E-state index is 0.110. The summed E-state index contributed by atoms with van der Waals surface area (Å²) in [4.78, 5) is 14.6. The van der Waals surface area contributed by atoms with E-state index >= 15 is 0 Å². The van der Waals surface area contributed by atoms with Crippen LogP contribution in [0.5, 0.6) is 0 Å². The van der Waals surface area contributed by atoms with Crippen LogP contribution in [0.25, 0.3) is 0 Å². The van der Waals surface area contributed by atoms with Crippen molar-refractivity contribution in [1.29, 1.82) is 5.26 Å². The molecule has 3 N–H and O–H groups in total. The van der Waals surface area contributed by atoms with Gasteiger partial charge < -0.3 is 15.8 Å². The molecule has 0 radical (unpaired) electrons. The zero-order valence-electron chi connectivity index (χ0n) is 9.73. The van der Waals surface area contributed by atoms with E-state index in [9.17, 15) is 4.79 Å². The number of nitrogens with zero attached hydrogens (tertiary/aromatic N) is 2. The summed E-state index contributed by atoms with van der Waals surface area (Å²) in [6.07, 6.45) is 1.43. The van der Waals surface area contributed by atoms with Gasteiger partial charge >= 0.3 is 5.97 Å². The zero-order valence-corrected chi connectivity index (χ0v) is 9.73. The highest BCUT2D eigenvalue weighted by Gasteiger charge is 2.08. The van der Waals surface area contributed by atoms with E-state index in [-0.39, 0.29) is 18.6 Å². The highest BCUT2D eigenvalue weighted by Crippen LogP contribution is 2.16. The first-order valence-corrected chi connectivity index (χ1v) is 5.08. The standard InChI is InChI=1S/C11H14N4O2/c1-7(6-17-8(2)16)15-11-10(13)3-9(4-12)5-14-11/h3,5,7H,6,13H2,1-2H3,(H,14,15)/t7-/m1/s1. The van der Waals surface area contributed by atoms with Crippen LogP contribution in [0.4, 0.5) is 11.5 Å². The van der Waals surface area contributed by atoms with Crippen molar-refractivity contribution in [2.24, 2.45) is 0 Å². The summed E-state index contributed by atoms with van der Waals surface area (Å²) in [5, 5.41) is 11.7. The average Bonchev–Trinajstić information content (AvgIpc) is 2.29. The second-order valence-corrected chi connectivity index (χ2v) is 3.62. The number of carbonyl (C=O) groups is 1. The first-order valence-electron chi connectivity index (χ1n) is 5.08. The smallest absolute Gasteiger partial charge is 0.302 e. The largest absolute Gasteiger partial charge is 0.464 e. The van der Waals surface area contributed by atoms with Crippen molar-refractivity contribution in [3.8, 4) is 6.07 Å². The predicted molar refractivity (Wildman–Crippen MR) is 63.1 cm³/mol. The normalized spacial score (nSPS) is 11.4. The van der Waals surface area contributed by atoms with Crippen molar-refractivity contribution < 1.29 is 9.53 Å². The number of nitrogens with one attached hydrogen (secondary N) is 1. The van der Waals surface area contributed by atoms with E-state index in [1.807, 2.05) is 13.0 Å². The summed E-state index contributed by atoms with van der Waals surface area (Å²) < 4.78 is 4.84. The average molecular weight is 234 g/mol. The lowest BCUT2D eigenvalue weighted by molar-refractivity contribution is -0.141. The van der Waals surface area contributed by atoms with Gasteiger partial charge in [0.2, 0.25) is 0 Å². The number of ether oxygens (including phenoxy) is 1. The van der Waals surface area contributed by atoms with E-state index in [2.05, 4.69) is 10.3 Å². The maximum Gasteiger partial charge on any atom is 0.302 e. The van der Waals surface area contributed by atoms with Crippen molar-refractivity contribution in [2.45, 2.75) is 19.9 Å². The Balaban J connectivity index is 2.62. The molecule has 0 aliphatic carbocycles. The fraction of sp³-hybridized carbons (Fsp3) is 0.364. The second kappa shape index (κ2) is 5.70. The van der Waals surface area contributed by atoms with Gasteiger partial charge in [-0.3, -0.25) is 4.79 Å². The number of rotatable bonds is 4. The molecule has 0 spiro atoms. The minimum atomic E-state index is -0.334. The van der Waals surface area contributed by atoms with Crippen LogP contribution in [0, 0.1) is 11.3 Å². The molecule has 1 aromatic heterocycles. The van der Waals surface area contributed by atoms with Gasteiger partial charge in [-0.2, -0.15) is 5.26 Å². The first-order chi connectivity index (χ1) is 8.02. The van der Waals surface area contributed by atoms with Gasteiger partial charge in [0.05, 0.1) is 17.3 Å². The summed E-state index contributed by atoms with van der Waals surface area (Å²) in [6.45, 7) is 3.42. The molecule has 0 aromatic carbocycles. The number of aromatic nitrogens is 1. The number of nitrogen functional groups attached to an aromatic ring is 1. The molecule has 0 aliphatic heterocycles. The van der Waals surface area contributed by atoms with E-state index in [1.54, 1.807) is 0 Å². The van der Waals surface area contributed by atoms with Crippen LogP contribution < -0.4 is 11.1 Å². The van der Waals surface area contributed by atoms with E-state index in [1.165, 1.54) is 19.2 Å². The van der Waals surface area contributed by atoms with Gasteiger partial charge in [0.15, 0.2) is 0 Å². The Morgan fingerprint density at radius 3 is 3.00 bits per heavy atom. The molecule has 17 heavy (non-hydrogen) atoms. The molecule has 0 unspecified atom stereocenters. The molecule has 0 saturated heterocycles. The third kappa shape index (κ3) is 3.99. The summed E-state index contributed by atoms with van der Waals surface area (Å²) in [6, 6.07) is 3.37. The number of nitrogens with two attached hydrogens (primary N) is 1. The summed E-state index contributed by atoms with van der Waals surface area (Å²) in [5.41, 5.74) is 6.51. The van der Waals surface area contributed by atoms with E-state index in [4.69, 9.17) is 15.7 Å². The third-order valence-corrected chi connectivity index (χ3v) is 1.97. The number of anilines is 2. The molecule has 1 heterocycles. The van der Waals surface area contributed by atoms with E-state index < -0.39 is 0 Å². The van der Waals surface area contributed by atoms with Crippen LogP contribution in [-0.4, -0.2) is 23.6 Å². The Morgan fingerprint density at radius 2 is 2.47 bits per heavy atom. The number of nitriles is 1. The highest BCUT2D eigenvalue weighted by atomic mass is 16.5. The number of carbonyl (C=O) groups excluding carboxylic acids is 1. The van der Waals surface area contributed by atoms with Gasteiger partial charge in [-0.25, -0.2) is 4.98 Å². The Kier molecular flexibility index (Phi) is 4.29. The quantitative estimate of drug-likeness (QED) is 0.750. The Labute approximate surface area is 99.4 Å². The fourth-order valence-corrected chi connectivity index (χ4v) is 1.18. The predicted octanol–water partition coefficient (Wildman–Crippen LogP) is 0.899. The van der Waals surface area contributed by atoms with Crippen LogP contribution in [0.3, 0.4) is 0 Å². The van der Waals surface area contributed by atoms with E-state index in [0.29, 0.717) is 17.1 Å². The second-order valence-electron chi connectivity index (χ2n) is 3.62. The Bertz CT molecular complexity index is 453. The van der Waals surface area contributed by atoms with Crippen molar-refractivity contribution in [3.63, 3.8) is 0 Å². The van der Waals surface area contributed by atoms with Gasteiger partial charge in [-0.05, 0) is 13.0 Å². The Hall–Kier alpha value is -2.29. The molecule has 0 saturated carbocycles. The SMILES string of the molecule is CC(=O)OC[C@@H](C)Nc1ncc(C#N)cc1N. The molecule has 0 aliphatic rings. The van der Waals surface area contributed by atoms with E-state index in [0.717, 1.165) is 0 Å². The lowest BCUT2D eigenvalue weighted by atomic mass is 10.2. The van der Waals surface area contributed by atoms with Crippen molar-refractivity contribution in [3.05, 3.63) is 17.8 Å². The van der Waals surface area contributed by atoms with Crippen molar-refractivity contribution in [1.82, 2.24) is 4.98 Å². The number of hydrogen-bond acceptors (Lipinski definition) is 6. The lowest BCUT2D eigenvalue weighted by Gasteiger charge is -2.15. The summed E-state index contributed by atoms with van der Waals surface area (Å²) in [5.74, 6) is 0.142. The van der Waals surface area contributed by atoms with Crippen molar-refractivity contribution >= 4 is 17.5 Å². The summed E-state index contributed by atoms with van der Waals surface area (Å²) >= 11 is 0. The molecule has 0 bridgehead atoms. The highest BCUT2D eigenvalue weighted by molar-refractivity contribution is 5.66. The van der Waals surface area contributed by atoms with Gasteiger partial charge in [0.25, 0.3) is 0 Å². The molecule has 1 atom stereocenters. The fourth-order valence-electron chi connectivity index (χ4n) is 1.18. The number of esters is 1. The molecule has 6 heteroatoms. The zero-order chi connectivity index (χ0) is 12.8. The monoisotopic (exact) mass is 234 g/mol. The van der Waals surface area contributed by atoms with Gasteiger partial charge in [-0.15, -0.1) is 0 Å². The third-order valence-electron chi connectivity index (χ3n) is 1.97. The van der Waals surface area contributed by atoms with Gasteiger partial charge in [0.1, 0.15) is 18.5 Å². The molecule has 0 fully saturated rings. The molecule has 90 valence electrons. The lowest BCUT2D eigenvalue weighted by Crippen LogP contribution is -2.24. The van der Waals surface area contributed by atoms with Crippen LogP contribution in [0.15, 0.2) is 12.3 Å². The first kappa shape index (κ1) is 12.8. The molecule has 1 rings (SSSR count). The minimum Gasteiger partial charge on any atom is -0.464 e. The molecular weight excluding hydrogens is 220 g/mol. The van der Waals surface area contributed by atoms with Gasteiger partial charge in [0, 0.05) is 13.1 Å². The Morgan fingerprint density at radius 1 is 1.76 bits per heavy atom. The molecule has 6 nitrogen and oxygen atoms in total. The molecule has 1 aromatic rings.